The first-order chi connectivity index (χ1) is 8.65. The summed E-state index contributed by atoms with van der Waals surface area (Å²) in [7, 11) is -6.97. The van der Waals surface area contributed by atoms with Crippen molar-refractivity contribution in [2.45, 2.75) is 36.7 Å². The number of sulfone groups is 1. The summed E-state index contributed by atoms with van der Waals surface area (Å²) in [6, 6.07) is 0. The highest BCUT2D eigenvalue weighted by atomic mass is 32.2. The third-order valence-electron chi connectivity index (χ3n) is 3.87. The van der Waals surface area contributed by atoms with Crippen LogP contribution in [-0.2, 0) is 24.6 Å². The smallest absolute Gasteiger partial charge is 0.215 e. The molecule has 0 spiro atoms. The van der Waals surface area contributed by atoms with Gasteiger partial charge in [0.1, 0.15) is 5.60 Å². The summed E-state index contributed by atoms with van der Waals surface area (Å²) in [5.41, 5.74) is -1.22. The van der Waals surface area contributed by atoms with Gasteiger partial charge in [-0.3, -0.25) is 0 Å². The Labute approximate surface area is 113 Å². The monoisotopic (exact) mass is 313 g/mol. The van der Waals surface area contributed by atoms with E-state index < -0.39 is 36.8 Å². The zero-order valence-corrected chi connectivity index (χ0v) is 12.3. The summed E-state index contributed by atoms with van der Waals surface area (Å²) in [4.78, 5) is 0. The molecule has 0 aromatic carbocycles. The number of aliphatic hydroxyl groups is 1. The van der Waals surface area contributed by atoms with Crippen molar-refractivity contribution in [1.29, 1.82) is 0 Å². The molecule has 2 aliphatic heterocycles. The summed E-state index contributed by atoms with van der Waals surface area (Å²) in [5, 5.41) is 9.28. The van der Waals surface area contributed by atoms with E-state index >= 15 is 0 Å². The molecule has 7 nitrogen and oxygen atoms in total. The van der Waals surface area contributed by atoms with Crippen LogP contribution in [0.4, 0.5) is 0 Å². The Kier molecular flexibility index (Phi) is 3.96. The molecule has 2 aliphatic rings. The molecule has 2 fully saturated rings. The molecule has 0 aliphatic carbocycles. The number of ether oxygens (including phenoxy) is 1. The predicted molar refractivity (Wildman–Crippen MR) is 69.0 cm³/mol. The normalized spacial score (nSPS) is 38.6. The van der Waals surface area contributed by atoms with Crippen molar-refractivity contribution in [1.82, 2.24) is 4.72 Å². The fourth-order valence-electron chi connectivity index (χ4n) is 2.35. The van der Waals surface area contributed by atoms with Gasteiger partial charge >= 0.3 is 0 Å². The zero-order valence-electron chi connectivity index (χ0n) is 10.7. The third-order valence-corrected chi connectivity index (χ3v) is 7.67. The summed E-state index contributed by atoms with van der Waals surface area (Å²) in [6.45, 7) is 1.92. The molecule has 0 saturated carbocycles. The van der Waals surface area contributed by atoms with Crippen LogP contribution < -0.4 is 4.72 Å². The highest BCUT2D eigenvalue weighted by Gasteiger charge is 2.42. The van der Waals surface area contributed by atoms with Crippen LogP contribution in [0.25, 0.3) is 0 Å². The molecular formula is C10H19NO6S2. The minimum absolute atomic E-state index is 0.0949. The summed E-state index contributed by atoms with van der Waals surface area (Å²) in [6.07, 6.45) is 0.0319. The Bertz CT molecular complexity index is 542. The van der Waals surface area contributed by atoms with E-state index in [0.29, 0.717) is 13.0 Å². The molecule has 0 aromatic heterocycles. The van der Waals surface area contributed by atoms with Gasteiger partial charge in [0.2, 0.25) is 10.0 Å². The maximum Gasteiger partial charge on any atom is 0.215 e. The molecule has 0 bridgehead atoms. The van der Waals surface area contributed by atoms with Crippen LogP contribution in [0.3, 0.4) is 0 Å². The second kappa shape index (κ2) is 4.96. The molecule has 3 atom stereocenters. The molecule has 0 aromatic rings. The standard InChI is InChI=1S/C10H19NO6S2/c1-8-10(12,3-4-17-8)7-11-19(15,16)9-2-5-18(13,14)6-9/h8-9,11-12H,2-7H2,1H3. The predicted octanol–water partition coefficient (Wildman–Crippen LogP) is -1.37. The minimum atomic E-state index is -3.72. The lowest BCUT2D eigenvalue weighted by molar-refractivity contribution is -0.0228. The SMILES string of the molecule is CC1OCCC1(O)CNS(=O)(=O)C1CCS(=O)(=O)C1. The number of nitrogens with one attached hydrogen (secondary N) is 1. The molecule has 2 rings (SSSR count). The van der Waals surface area contributed by atoms with Gasteiger partial charge in [0, 0.05) is 19.6 Å². The highest BCUT2D eigenvalue weighted by molar-refractivity contribution is 7.95. The van der Waals surface area contributed by atoms with E-state index in [0.717, 1.165) is 0 Å². The molecule has 112 valence electrons. The minimum Gasteiger partial charge on any atom is -0.386 e. The Morgan fingerprint density at radius 3 is 2.63 bits per heavy atom. The van der Waals surface area contributed by atoms with Crippen LogP contribution in [0.15, 0.2) is 0 Å². The van der Waals surface area contributed by atoms with Crippen molar-refractivity contribution >= 4 is 19.9 Å². The van der Waals surface area contributed by atoms with E-state index in [1.807, 2.05) is 0 Å². The lowest BCUT2D eigenvalue weighted by atomic mass is 9.97. The van der Waals surface area contributed by atoms with Crippen LogP contribution in [0.2, 0.25) is 0 Å². The van der Waals surface area contributed by atoms with Crippen molar-refractivity contribution in [2.75, 3.05) is 24.7 Å². The largest absolute Gasteiger partial charge is 0.386 e. The van der Waals surface area contributed by atoms with Gasteiger partial charge in [0.15, 0.2) is 9.84 Å². The molecule has 2 saturated heterocycles. The van der Waals surface area contributed by atoms with Gasteiger partial charge in [0.05, 0.1) is 22.9 Å². The van der Waals surface area contributed by atoms with Gasteiger partial charge < -0.3 is 9.84 Å². The third kappa shape index (κ3) is 3.27. The van der Waals surface area contributed by atoms with Gasteiger partial charge in [0.25, 0.3) is 0 Å². The molecule has 0 radical (unpaired) electrons. The zero-order chi connectivity index (χ0) is 14.3. The molecule has 19 heavy (non-hydrogen) atoms. The van der Waals surface area contributed by atoms with Gasteiger partial charge in [-0.25, -0.2) is 21.6 Å². The molecular weight excluding hydrogens is 294 g/mol. The van der Waals surface area contributed by atoms with Crippen LogP contribution >= 0.6 is 0 Å². The lowest BCUT2D eigenvalue weighted by Crippen LogP contribution is -2.49. The van der Waals surface area contributed by atoms with Crippen molar-refractivity contribution in [2.24, 2.45) is 0 Å². The van der Waals surface area contributed by atoms with E-state index in [1.165, 1.54) is 0 Å². The topological polar surface area (TPSA) is 110 Å². The first-order valence-corrected chi connectivity index (χ1v) is 9.54. The average Bonchev–Trinajstić information content (AvgIpc) is 2.82. The summed E-state index contributed by atoms with van der Waals surface area (Å²) < 4.78 is 54.1. The number of rotatable bonds is 4. The van der Waals surface area contributed by atoms with Crippen LogP contribution in [0.5, 0.6) is 0 Å². The van der Waals surface area contributed by atoms with Gasteiger partial charge in [-0.2, -0.15) is 0 Å². The first-order valence-electron chi connectivity index (χ1n) is 6.18. The molecule has 2 heterocycles. The second-order valence-corrected chi connectivity index (χ2v) is 9.53. The van der Waals surface area contributed by atoms with E-state index in [4.69, 9.17) is 4.74 Å². The lowest BCUT2D eigenvalue weighted by Gasteiger charge is -2.26. The summed E-state index contributed by atoms with van der Waals surface area (Å²) in [5.74, 6) is -0.435. The summed E-state index contributed by atoms with van der Waals surface area (Å²) >= 11 is 0. The Hall–Kier alpha value is -0.220. The van der Waals surface area contributed by atoms with Crippen molar-refractivity contribution in [3.63, 3.8) is 0 Å². The van der Waals surface area contributed by atoms with Crippen molar-refractivity contribution < 1.29 is 26.7 Å². The number of hydrogen-bond donors (Lipinski definition) is 2. The Balaban J connectivity index is 1.99. The number of hydrogen-bond acceptors (Lipinski definition) is 6. The average molecular weight is 313 g/mol. The maximum absolute atomic E-state index is 12.0. The second-order valence-electron chi connectivity index (χ2n) is 5.26. The first kappa shape index (κ1) is 15.2. The van der Waals surface area contributed by atoms with Crippen molar-refractivity contribution in [3.8, 4) is 0 Å². The van der Waals surface area contributed by atoms with Crippen LogP contribution in [0.1, 0.15) is 19.8 Å². The van der Waals surface area contributed by atoms with E-state index in [2.05, 4.69) is 4.72 Å². The van der Waals surface area contributed by atoms with Crippen molar-refractivity contribution in [3.05, 3.63) is 0 Å². The quantitative estimate of drug-likeness (QED) is 0.663. The van der Waals surface area contributed by atoms with E-state index in [-0.39, 0.29) is 24.5 Å². The molecule has 0 amide bonds. The molecule has 9 heteroatoms. The van der Waals surface area contributed by atoms with Gasteiger partial charge in [-0.05, 0) is 13.3 Å². The van der Waals surface area contributed by atoms with E-state index in [9.17, 15) is 21.9 Å². The van der Waals surface area contributed by atoms with Crippen LogP contribution in [0, 0.1) is 0 Å². The van der Waals surface area contributed by atoms with Gasteiger partial charge in [-0.15, -0.1) is 0 Å². The molecule has 3 unspecified atom stereocenters. The maximum atomic E-state index is 12.0. The molecule has 2 N–H and O–H groups in total. The van der Waals surface area contributed by atoms with Gasteiger partial charge in [-0.1, -0.05) is 0 Å². The number of sulfonamides is 1. The highest BCUT2D eigenvalue weighted by Crippen LogP contribution is 2.26. The van der Waals surface area contributed by atoms with Crippen LogP contribution in [-0.4, -0.2) is 63.6 Å². The fraction of sp³-hybridized carbons (Fsp3) is 1.00. The Morgan fingerprint density at radius 2 is 2.16 bits per heavy atom. The van der Waals surface area contributed by atoms with E-state index in [1.54, 1.807) is 6.92 Å². The Morgan fingerprint density at radius 1 is 1.47 bits per heavy atom. The fourth-order valence-corrected chi connectivity index (χ4v) is 6.50.